The van der Waals surface area contributed by atoms with Crippen LogP contribution in [0.25, 0.3) is 0 Å². The lowest BCUT2D eigenvalue weighted by molar-refractivity contribution is 0.0356. The number of hydrogen-bond donors (Lipinski definition) is 0. The predicted molar refractivity (Wildman–Crippen MR) is 112 cm³/mol. The van der Waals surface area contributed by atoms with E-state index >= 15 is 0 Å². The standard InChI is InChI=1S/C22H29N3O2S/c26-22(21-16-19-4-1-2-5-20(19)28-21)25(17-18-6-8-23-9-7-18)11-3-10-24-12-14-27-15-13-24/h6-9,16H,1-5,10-15,17H2. The van der Waals surface area contributed by atoms with E-state index in [-0.39, 0.29) is 5.91 Å². The highest BCUT2D eigenvalue weighted by Gasteiger charge is 2.22. The van der Waals surface area contributed by atoms with Gasteiger partial charge >= 0.3 is 0 Å². The number of fused-ring (bicyclic) bond motifs is 1. The maximum absolute atomic E-state index is 13.3. The lowest BCUT2D eigenvalue weighted by Crippen LogP contribution is -2.39. The van der Waals surface area contributed by atoms with Crippen LogP contribution in [0.2, 0.25) is 0 Å². The minimum Gasteiger partial charge on any atom is -0.379 e. The molecule has 3 heterocycles. The Hall–Kier alpha value is -1.76. The lowest BCUT2D eigenvalue weighted by Gasteiger charge is -2.28. The van der Waals surface area contributed by atoms with Crippen molar-refractivity contribution in [2.75, 3.05) is 39.4 Å². The van der Waals surface area contributed by atoms with Crippen LogP contribution in [0, 0.1) is 0 Å². The van der Waals surface area contributed by atoms with Crippen molar-refractivity contribution in [1.82, 2.24) is 14.8 Å². The fourth-order valence-corrected chi connectivity index (χ4v) is 5.24. The van der Waals surface area contributed by atoms with Gasteiger partial charge in [0.15, 0.2) is 0 Å². The number of carbonyl (C=O) groups excluding carboxylic acids is 1. The number of morpholine rings is 1. The topological polar surface area (TPSA) is 45.7 Å². The lowest BCUT2D eigenvalue weighted by atomic mass is 9.99. The van der Waals surface area contributed by atoms with Gasteiger partial charge in [0.25, 0.3) is 5.91 Å². The van der Waals surface area contributed by atoms with Crippen molar-refractivity contribution in [3.63, 3.8) is 0 Å². The Morgan fingerprint density at radius 3 is 2.75 bits per heavy atom. The molecule has 5 nitrogen and oxygen atoms in total. The van der Waals surface area contributed by atoms with Gasteiger partial charge in [0.2, 0.25) is 0 Å². The second-order valence-corrected chi connectivity index (χ2v) is 8.79. The average molecular weight is 400 g/mol. The molecular formula is C22H29N3O2S. The molecular weight excluding hydrogens is 370 g/mol. The molecule has 1 amide bonds. The van der Waals surface area contributed by atoms with Crippen LogP contribution >= 0.6 is 11.3 Å². The van der Waals surface area contributed by atoms with Crippen molar-refractivity contribution in [3.8, 4) is 0 Å². The quantitative estimate of drug-likeness (QED) is 0.716. The van der Waals surface area contributed by atoms with Crippen LogP contribution in [-0.2, 0) is 24.1 Å². The highest BCUT2D eigenvalue weighted by Crippen LogP contribution is 2.30. The predicted octanol–water partition coefficient (Wildman–Crippen LogP) is 3.39. The first-order valence-corrected chi connectivity index (χ1v) is 11.2. The van der Waals surface area contributed by atoms with Gasteiger partial charge in [-0.3, -0.25) is 14.7 Å². The summed E-state index contributed by atoms with van der Waals surface area (Å²) in [6.45, 7) is 6.07. The number of nitrogens with zero attached hydrogens (tertiary/aromatic N) is 3. The van der Waals surface area contributed by atoms with Gasteiger partial charge in [-0.15, -0.1) is 11.3 Å². The van der Waals surface area contributed by atoms with E-state index in [2.05, 4.69) is 16.0 Å². The zero-order valence-corrected chi connectivity index (χ0v) is 17.3. The Morgan fingerprint density at radius 1 is 1.18 bits per heavy atom. The largest absolute Gasteiger partial charge is 0.379 e. The number of aryl methyl sites for hydroxylation is 2. The maximum Gasteiger partial charge on any atom is 0.264 e. The Labute approximate surface area is 171 Å². The molecule has 0 saturated carbocycles. The van der Waals surface area contributed by atoms with Gasteiger partial charge in [0, 0.05) is 50.0 Å². The fourth-order valence-electron chi connectivity index (χ4n) is 4.02. The van der Waals surface area contributed by atoms with E-state index in [1.54, 1.807) is 23.7 Å². The molecule has 6 heteroatoms. The molecule has 0 atom stereocenters. The molecule has 0 unspecified atom stereocenters. The molecule has 0 radical (unpaired) electrons. The number of thiophene rings is 1. The number of pyridine rings is 1. The summed E-state index contributed by atoms with van der Waals surface area (Å²) in [5, 5.41) is 0. The second kappa shape index (κ2) is 9.63. The summed E-state index contributed by atoms with van der Waals surface area (Å²) in [6.07, 6.45) is 9.35. The Balaban J connectivity index is 1.43. The first kappa shape index (κ1) is 19.6. The monoisotopic (exact) mass is 399 g/mol. The molecule has 28 heavy (non-hydrogen) atoms. The molecule has 150 valence electrons. The van der Waals surface area contributed by atoms with Crippen LogP contribution in [0.1, 0.15) is 44.9 Å². The van der Waals surface area contributed by atoms with Gasteiger partial charge in [-0.05, 0) is 61.4 Å². The van der Waals surface area contributed by atoms with Gasteiger partial charge in [0.1, 0.15) is 0 Å². The van der Waals surface area contributed by atoms with Crippen LogP contribution in [-0.4, -0.2) is 60.1 Å². The van der Waals surface area contributed by atoms with E-state index in [1.807, 2.05) is 17.0 Å². The number of hydrogen-bond acceptors (Lipinski definition) is 5. The fraction of sp³-hybridized carbons (Fsp3) is 0.545. The first-order chi connectivity index (χ1) is 13.8. The summed E-state index contributed by atoms with van der Waals surface area (Å²) in [5.74, 6) is 0.179. The summed E-state index contributed by atoms with van der Waals surface area (Å²) >= 11 is 1.71. The maximum atomic E-state index is 13.3. The van der Waals surface area contributed by atoms with E-state index in [9.17, 15) is 4.79 Å². The van der Waals surface area contributed by atoms with Crippen LogP contribution in [0.5, 0.6) is 0 Å². The molecule has 4 rings (SSSR count). The van der Waals surface area contributed by atoms with Gasteiger partial charge in [-0.25, -0.2) is 0 Å². The Morgan fingerprint density at radius 2 is 1.96 bits per heavy atom. The van der Waals surface area contributed by atoms with Gasteiger partial charge in [-0.2, -0.15) is 0 Å². The molecule has 2 aromatic rings. The summed E-state index contributed by atoms with van der Waals surface area (Å²) < 4.78 is 5.43. The minimum atomic E-state index is 0.179. The second-order valence-electron chi connectivity index (χ2n) is 7.66. The van der Waals surface area contributed by atoms with Crippen LogP contribution in [0.15, 0.2) is 30.6 Å². The molecule has 1 fully saturated rings. The van der Waals surface area contributed by atoms with Crippen molar-refractivity contribution < 1.29 is 9.53 Å². The average Bonchev–Trinajstić information content (AvgIpc) is 3.18. The molecule has 2 aliphatic rings. The molecule has 0 spiro atoms. The van der Waals surface area contributed by atoms with E-state index in [0.717, 1.165) is 69.1 Å². The van der Waals surface area contributed by atoms with Crippen molar-refractivity contribution in [2.45, 2.75) is 38.6 Å². The number of ether oxygens (including phenoxy) is 1. The zero-order valence-electron chi connectivity index (χ0n) is 16.4. The van der Waals surface area contributed by atoms with Crippen molar-refractivity contribution in [1.29, 1.82) is 0 Å². The number of carbonyl (C=O) groups is 1. The summed E-state index contributed by atoms with van der Waals surface area (Å²) in [6, 6.07) is 6.16. The number of aromatic nitrogens is 1. The molecule has 1 saturated heterocycles. The van der Waals surface area contributed by atoms with Crippen molar-refractivity contribution in [3.05, 3.63) is 51.5 Å². The van der Waals surface area contributed by atoms with Crippen LogP contribution in [0.3, 0.4) is 0 Å². The van der Waals surface area contributed by atoms with E-state index in [4.69, 9.17) is 4.74 Å². The van der Waals surface area contributed by atoms with Gasteiger partial charge in [0.05, 0.1) is 18.1 Å². The SMILES string of the molecule is O=C(c1cc2c(s1)CCCC2)N(CCCN1CCOCC1)Cc1ccncc1. The molecule has 0 N–H and O–H groups in total. The normalized spacial score (nSPS) is 17.3. The zero-order chi connectivity index (χ0) is 19.2. The van der Waals surface area contributed by atoms with Gasteiger partial charge in [-0.1, -0.05) is 0 Å². The Kier molecular flexibility index (Phi) is 6.73. The third-order valence-electron chi connectivity index (χ3n) is 5.62. The number of rotatable bonds is 7. The highest BCUT2D eigenvalue weighted by molar-refractivity contribution is 7.14. The molecule has 0 aromatic carbocycles. The number of amides is 1. The Bertz CT molecular complexity index is 748. The summed E-state index contributed by atoms with van der Waals surface area (Å²) in [4.78, 5) is 24.2. The third kappa shape index (κ3) is 4.99. The molecule has 1 aliphatic carbocycles. The summed E-state index contributed by atoms with van der Waals surface area (Å²) in [5.41, 5.74) is 2.54. The molecule has 1 aliphatic heterocycles. The molecule has 2 aromatic heterocycles. The summed E-state index contributed by atoms with van der Waals surface area (Å²) in [7, 11) is 0. The van der Waals surface area contributed by atoms with Crippen molar-refractivity contribution in [2.24, 2.45) is 0 Å². The molecule has 0 bridgehead atoms. The van der Waals surface area contributed by atoms with Gasteiger partial charge < -0.3 is 9.64 Å². The van der Waals surface area contributed by atoms with E-state index in [1.165, 1.54) is 23.3 Å². The van der Waals surface area contributed by atoms with E-state index < -0.39 is 0 Å². The minimum absolute atomic E-state index is 0.179. The van der Waals surface area contributed by atoms with Crippen molar-refractivity contribution >= 4 is 17.2 Å². The van der Waals surface area contributed by atoms with Crippen LogP contribution in [0.4, 0.5) is 0 Å². The first-order valence-electron chi connectivity index (χ1n) is 10.4. The van der Waals surface area contributed by atoms with Crippen LogP contribution < -0.4 is 0 Å². The van der Waals surface area contributed by atoms with E-state index in [0.29, 0.717) is 6.54 Å². The highest BCUT2D eigenvalue weighted by atomic mass is 32.1. The third-order valence-corrected chi connectivity index (χ3v) is 6.85. The smallest absolute Gasteiger partial charge is 0.264 e.